The second kappa shape index (κ2) is 5.33. The Morgan fingerprint density at radius 3 is 3.00 bits per heavy atom. The minimum Gasteiger partial charge on any atom is -0.346 e. The number of fused-ring (bicyclic) bond motifs is 1. The van der Waals surface area contributed by atoms with E-state index in [0.29, 0.717) is 6.04 Å². The van der Waals surface area contributed by atoms with Crippen LogP contribution in [0.15, 0.2) is 30.5 Å². The van der Waals surface area contributed by atoms with Crippen LogP contribution in [-0.4, -0.2) is 17.2 Å². The second-order valence-corrected chi connectivity index (χ2v) is 5.53. The van der Waals surface area contributed by atoms with E-state index in [1.165, 1.54) is 37.7 Å². The van der Waals surface area contributed by atoms with E-state index in [9.17, 15) is 0 Å². The molecule has 1 unspecified atom stereocenters. The molecule has 0 spiro atoms. The largest absolute Gasteiger partial charge is 0.346 e. The first-order valence-electron chi connectivity index (χ1n) is 6.81. The molecule has 0 amide bonds. The Balaban J connectivity index is 1.74. The third kappa shape index (κ3) is 2.40. The maximum Gasteiger partial charge on any atom is 0.0661 e. The zero-order valence-corrected chi connectivity index (χ0v) is 11.3. The van der Waals surface area contributed by atoms with Crippen LogP contribution in [0.5, 0.6) is 0 Å². The molecule has 0 saturated carbocycles. The molecule has 18 heavy (non-hydrogen) atoms. The van der Waals surface area contributed by atoms with Crippen molar-refractivity contribution in [3.63, 3.8) is 0 Å². The maximum absolute atomic E-state index is 6.26. The Bertz CT molecular complexity index is 526. The highest BCUT2D eigenvalue weighted by atomic mass is 35.5. The fourth-order valence-corrected chi connectivity index (χ4v) is 3.13. The fourth-order valence-electron chi connectivity index (χ4n) is 2.85. The molecule has 1 aromatic carbocycles. The Morgan fingerprint density at radius 1 is 1.28 bits per heavy atom. The monoisotopic (exact) mass is 262 g/mol. The number of hydrogen-bond acceptors (Lipinski definition) is 1. The molecule has 1 fully saturated rings. The SMILES string of the molecule is Clc1cn(CCC2CCCCN2)c2ccccc12. The Kier molecular flexibility index (Phi) is 3.57. The molecule has 2 nitrogen and oxygen atoms in total. The predicted octanol–water partition coefficient (Wildman–Crippen LogP) is 3.83. The van der Waals surface area contributed by atoms with Gasteiger partial charge in [0.25, 0.3) is 0 Å². The van der Waals surface area contributed by atoms with Gasteiger partial charge in [-0.3, -0.25) is 0 Å². The normalized spacial score (nSPS) is 20.4. The molecule has 0 aliphatic carbocycles. The summed E-state index contributed by atoms with van der Waals surface area (Å²) in [5.74, 6) is 0. The molecule has 2 aromatic rings. The molecule has 1 aliphatic rings. The number of halogens is 1. The number of rotatable bonds is 3. The summed E-state index contributed by atoms with van der Waals surface area (Å²) in [6.45, 7) is 2.22. The number of benzene rings is 1. The molecule has 0 bridgehead atoms. The summed E-state index contributed by atoms with van der Waals surface area (Å²) < 4.78 is 2.29. The van der Waals surface area contributed by atoms with Crippen LogP contribution < -0.4 is 5.32 Å². The number of nitrogens with one attached hydrogen (secondary N) is 1. The van der Waals surface area contributed by atoms with Crippen molar-refractivity contribution in [2.24, 2.45) is 0 Å². The van der Waals surface area contributed by atoms with E-state index in [-0.39, 0.29) is 0 Å². The standard InChI is InChI=1S/C15H19ClN2/c16-14-11-18(15-7-2-1-6-13(14)15)10-8-12-5-3-4-9-17-12/h1-2,6-7,11-12,17H,3-5,8-10H2. The Labute approximate surface area is 113 Å². The molecule has 1 atom stereocenters. The molecule has 1 saturated heterocycles. The van der Waals surface area contributed by atoms with E-state index in [0.717, 1.165) is 17.0 Å². The number of piperidine rings is 1. The smallest absolute Gasteiger partial charge is 0.0661 e. The van der Waals surface area contributed by atoms with Crippen molar-refractivity contribution in [2.75, 3.05) is 6.54 Å². The van der Waals surface area contributed by atoms with E-state index in [1.54, 1.807) is 0 Å². The average molecular weight is 263 g/mol. The van der Waals surface area contributed by atoms with Crippen molar-refractivity contribution in [2.45, 2.75) is 38.3 Å². The lowest BCUT2D eigenvalue weighted by atomic mass is 10.0. The van der Waals surface area contributed by atoms with Crippen molar-refractivity contribution in [3.05, 3.63) is 35.5 Å². The summed E-state index contributed by atoms with van der Waals surface area (Å²) in [7, 11) is 0. The number of hydrogen-bond donors (Lipinski definition) is 1. The highest BCUT2D eigenvalue weighted by Crippen LogP contribution is 2.26. The van der Waals surface area contributed by atoms with E-state index in [2.05, 4.69) is 34.3 Å². The van der Waals surface area contributed by atoms with E-state index in [1.807, 2.05) is 6.07 Å². The van der Waals surface area contributed by atoms with Gasteiger partial charge >= 0.3 is 0 Å². The number of aromatic nitrogens is 1. The molecule has 1 N–H and O–H groups in total. The van der Waals surface area contributed by atoms with Gasteiger partial charge in [-0.15, -0.1) is 0 Å². The third-order valence-electron chi connectivity index (χ3n) is 3.87. The lowest BCUT2D eigenvalue weighted by molar-refractivity contribution is 0.368. The van der Waals surface area contributed by atoms with Crippen LogP contribution in [0.3, 0.4) is 0 Å². The van der Waals surface area contributed by atoms with Gasteiger partial charge in [0.2, 0.25) is 0 Å². The highest BCUT2D eigenvalue weighted by Gasteiger charge is 2.13. The quantitative estimate of drug-likeness (QED) is 0.890. The van der Waals surface area contributed by atoms with E-state index < -0.39 is 0 Å². The average Bonchev–Trinajstić information content (AvgIpc) is 2.75. The Hall–Kier alpha value is -0.990. The highest BCUT2D eigenvalue weighted by molar-refractivity contribution is 6.35. The summed E-state index contributed by atoms with van der Waals surface area (Å²) in [6.07, 6.45) is 7.26. The van der Waals surface area contributed by atoms with Gasteiger partial charge in [0.05, 0.1) is 5.02 Å². The molecule has 0 radical (unpaired) electrons. The molecule has 2 heterocycles. The van der Waals surface area contributed by atoms with Gasteiger partial charge in [-0.1, -0.05) is 36.2 Å². The van der Waals surface area contributed by atoms with Crippen LogP contribution in [0.4, 0.5) is 0 Å². The molecule has 3 rings (SSSR count). The van der Waals surface area contributed by atoms with E-state index in [4.69, 9.17) is 11.6 Å². The summed E-state index contributed by atoms with van der Waals surface area (Å²) in [5.41, 5.74) is 1.25. The van der Waals surface area contributed by atoms with Crippen molar-refractivity contribution in [1.82, 2.24) is 9.88 Å². The topological polar surface area (TPSA) is 17.0 Å². The molecule has 3 heteroatoms. The van der Waals surface area contributed by atoms with Crippen molar-refractivity contribution < 1.29 is 0 Å². The first-order chi connectivity index (χ1) is 8.84. The van der Waals surface area contributed by atoms with Crippen molar-refractivity contribution in [3.8, 4) is 0 Å². The van der Waals surface area contributed by atoms with Crippen LogP contribution in [0.2, 0.25) is 5.02 Å². The zero-order valence-electron chi connectivity index (χ0n) is 10.5. The van der Waals surface area contributed by atoms with Crippen LogP contribution in [0.1, 0.15) is 25.7 Å². The van der Waals surface area contributed by atoms with Gasteiger partial charge < -0.3 is 9.88 Å². The van der Waals surface area contributed by atoms with Crippen LogP contribution in [0, 0.1) is 0 Å². The Morgan fingerprint density at radius 2 is 2.17 bits per heavy atom. The molecule has 1 aliphatic heterocycles. The summed E-state index contributed by atoms with van der Waals surface area (Å²) in [6, 6.07) is 9.04. The van der Waals surface area contributed by atoms with Crippen molar-refractivity contribution in [1.29, 1.82) is 0 Å². The van der Waals surface area contributed by atoms with Gasteiger partial charge in [-0.25, -0.2) is 0 Å². The lowest BCUT2D eigenvalue weighted by Gasteiger charge is -2.23. The first-order valence-corrected chi connectivity index (χ1v) is 7.19. The fraction of sp³-hybridized carbons (Fsp3) is 0.467. The number of para-hydroxylation sites is 1. The van der Waals surface area contributed by atoms with Gasteiger partial charge in [-0.05, 0) is 31.9 Å². The van der Waals surface area contributed by atoms with Crippen LogP contribution in [0.25, 0.3) is 10.9 Å². The van der Waals surface area contributed by atoms with Crippen molar-refractivity contribution >= 4 is 22.5 Å². The second-order valence-electron chi connectivity index (χ2n) is 5.12. The van der Waals surface area contributed by atoms with Gasteiger partial charge in [-0.2, -0.15) is 0 Å². The first kappa shape index (κ1) is 12.1. The summed E-state index contributed by atoms with van der Waals surface area (Å²) in [5, 5.41) is 5.62. The van der Waals surface area contributed by atoms with Crippen LogP contribution in [-0.2, 0) is 6.54 Å². The maximum atomic E-state index is 6.26. The van der Waals surface area contributed by atoms with Crippen LogP contribution >= 0.6 is 11.6 Å². The zero-order chi connectivity index (χ0) is 12.4. The molecular formula is C15H19ClN2. The molecular weight excluding hydrogens is 244 g/mol. The number of aryl methyl sites for hydroxylation is 1. The van der Waals surface area contributed by atoms with E-state index >= 15 is 0 Å². The summed E-state index contributed by atoms with van der Waals surface area (Å²) >= 11 is 6.26. The third-order valence-corrected chi connectivity index (χ3v) is 4.17. The van der Waals surface area contributed by atoms with Gasteiger partial charge in [0.15, 0.2) is 0 Å². The minimum atomic E-state index is 0.679. The lowest BCUT2D eigenvalue weighted by Crippen LogP contribution is -2.34. The summed E-state index contributed by atoms with van der Waals surface area (Å²) in [4.78, 5) is 0. The van der Waals surface area contributed by atoms with Gasteiger partial charge in [0, 0.05) is 29.7 Å². The van der Waals surface area contributed by atoms with Gasteiger partial charge in [0.1, 0.15) is 0 Å². The molecule has 96 valence electrons. The minimum absolute atomic E-state index is 0.679. The predicted molar refractivity (Wildman–Crippen MR) is 77.2 cm³/mol. The molecule has 1 aromatic heterocycles. The number of nitrogens with zero attached hydrogens (tertiary/aromatic N) is 1.